The van der Waals surface area contributed by atoms with Gasteiger partial charge in [-0.2, -0.15) is 5.10 Å². The average molecular weight is 365 g/mol. The number of benzene rings is 2. The van der Waals surface area contributed by atoms with E-state index in [1.165, 1.54) is 11.6 Å². The van der Waals surface area contributed by atoms with Crippen molar-refractivity contribution in [3.8, 4) is 0 Å². The molecule has 0 amide bonds. The lowest BCUT2D eigenvalue weighted by Crippen LogP contribution is -2.34. The third kappa shape index (κ3) is 3.50. The maximum Gasteiger partial charge on any atom is 0.312 e. The van der Waals surface area contributed by atoms with E-state index in [0.717, 1.165) is 0 Å². The van der Waals surface area contributed by atoms with Gasteiger partial charge in [0.15, 0.2) is 5.78 Å². The number of ketones is 1. The first kappa shape index (κ1) is 18.5. The Morgan fingerprint density at radius 2 is 1.63 bits per heavy atom. The van der Waals surface area contributed by atoms with Gasteiger partial charge in [-0.3, -0.25) is 19.6 Å². The molecule has 1 N–H and O–H groups in total. The standard InChI is InChI=1S/C20H19N3O4/c1-13-17(23(26)27)14(2)22(21-13)18(15-9-5-3-6-10-15)20(25)19(24)16-11-7-4-8-12-16/h3-12,18,20,25H,1-2H3/t18-,20-/m0/s1. The number of Topliss-reactive ketones (excluding diaryl/α,β-unsaturated/α-hetero) is 1. The number of nitrogens with zero attached hydrogens (tertiary/aromatic N) is 3. The summed E-state index contributed by atoms with van der Waals surface area (Å²) < 4.78 is 1.37. The van der Waals surface area contributed by atoms with Crippen molar-refractivity contribution in [2.24, 2.45) is 0 Å². The van der Waals surface area contributed by atoms with E-state index in [1.807, 2.05) is 6.07 Å². The SMILES string of the molecule is Cc1nn([C@@H](c2ccccc2)[C@H](O)C(=O)c2ccccc2)c(C)c1[N+](=O)[O-]. The second-order valence-electron chi connectivity index (χ2n) is 6.25. The Morgan fingerprint density at radius 1 is 1.07 bits per heavy atom. The van der Waals surface area contributed by atoms with Gasteiger partial charge in [0, 0.05) is 5.56 Å². The minimum atomic E-state index is -1.45. The smallest absolute Gasteiger partial charge is 0.312 e. The van der Waals surface area contributed by atoms with Crippen LogP contribution in [0.1, 0.15) is 33.4 Å². The lowest BCUT2D eigenvalue weighted by Gasteiger charge is -2.24. The van der Waals surface area contributed by atoms with E-state index >= 15 is 0 Å². The van der Waals surface area contributed by atoms with Crippen LogP contribution in [0.2, 0.25) is 0 Å². The second-order valence-corrected chi connectivity index (χ2v) is 6.25. The fourth-order valence-corrected chi connectivity index (χ4v) is 3.21. The van der Waals surface area contributed by atoms with Crippen molar-refractivity contribution >= 4 is 11.5 Å². The number of aliphatic hydroxyl groups is 1. The number of aromatic nitrogens is 2. The largest absolute Gasteiger partial charge is 0.382 e. The van der Waals surface area contributed by atoms with Crippen molar-refractivity contribution in [3.05, 3.63) is 93.3 Å². The molecule has 0 saturated carbocycles. The third-order valence-corrected chi connectivity index (χ3v) is 4.50. The predicted molar refractivity (Wildman–Crippen MR) is 99.7 cm³/mol. The molecule has 2 aromatic carbocycles. The highest BCUT2D eigenvalue weighted by molar-refractivity contribution is 5.99. The normalized spacial score (nSPS) is 13.1. The van der Waals surface area contributed by atoms with Crippen LogP contribution in [-0.4, -0.2) is 31.7 Å². The molecule has 1 aromatic heterocycles. The predicted octanol–water partition coefficient (Wildman–Crippen LogP) is 3.24. The van der Waals surface area contributed by atoms with Gasteiger partial charge in [0.25, 0.3) is 0 Å². The molecule has 0 spiro atoms. The van der Waals surface area contributed by atoms with Crippen LogP contribution >= 0.6 is 0 Å². The number of rotatable bonds is 6. The molecule has 0 aliphatic carbocycles. The van der Waals surface area contributed by atoms with E-state index in [0.29, 0.717) is 11.1 Å². The van der Waals surface area contributed by atoms with Gasteiger partial charge >= 0.3 is 5.69 Å². The lowest BCUT2D eigenvalue weighted by molar-refractivity contribution is -0.386. The minimum Gasteiger partial charge on any atom is -0.382 e. The Kier molecular flexibility index (Phi) is 5.14. The molecular weight excluding hydrogens is 346 g/mol. The second kappa shape index (κ2) is 7.51. The van der Waals surface area contributed by atoms with Crippen LogP contribution in [0.15, 0.2) is 60.7 Å². The number of nitro groups is 1. The molecule has 138 valence electrons. The minimum absolute atomic E-state index is 0.115. The number of aryl methyl sites for hydroxylation is 1. The van der Waals surface area contributed by atoms with E-state index in [-0.39, 0.29) is 17.1 Å². The summed E-state index contributed by atoms with van der Waals surface area (Å²) in [4.78, 5) is 23.7. The summed E-state index contributed by atoms with van der Waals surface area (Å²) in [6, 6.07) is 16.5. The summed E-state index contributed by atoms with van der Waals surface area (Å²) in [5.41, 5.74) is 1.40. The van der Waals surface area contributed by atoms with Crippen LogP contribution < -0.4 is 0 Å². The van der Waals surface area contributed by atoms with Gasteiger partial charge in [-0.15, -0.1) is 0 Å². The van der Waals surface area contributed by atoms with Gasteiger partial charge in [0.1, 0.15) is 23.5 Å². The molecule has 7 nitrogen and oxygen atoms in total. The molecule has 0 radical (unpaired) electrons. The van der Waals surface area contributed by atoms with Crippen molar-refractivity contribution in [2.45, 2.75) is 26.0 Å². The Morgan fingerprint density at radius 3 is 2.15 bits per heavy atom. The van der Waals surface area contributed by atoms with Gasteiger partial charge < -0.3 is 5.11 Å². The summed E-state index contributed by atoms with van der Waals surface area (Å²) in [5, 5.41) is 26.6. The monoisotopic (exact) mass is 365 g/mol. The first-order valence-electron chi connectivity index (χ1n) is 8.44. The zero-order valence-electron chi connectivity index (χ0n) is 14.9. The van der Waals surface area contributed by atoms with E-state index < -0.39 is 22.9 Å². The Balaban J connectivity index is 2.12. The molecule has 1 heterocycles. The average Bonchev–Trinajstić information content (AvgIpc) is 2.97. The van der Waals surface area contributed by atoms with Crippen molar-refractivity contribution in [3.63, 3.8) is 0 Å². The lowest BCUT2D eigenvalue weighted by atomic mass is 9.95. The van der Waals surface area contributed by atoms with Gasteiger partial charge in [0.2, 0.25) is 0 Å². The Hall–Kier alpha value is -3.32. The number of hydrogen-bond donors (Lipinski definition) is 1. The highest BCUT2D eigenvalue weighted by Crippen LogP contribution is 2.31. The van der Waals surface area contributed by atoms with Crippen molar-refractivity contribution in [1.82, 2.24) is 9.78 Å². The zero-order valence-corrected chi connectivity index (χ0v) is 14.9. The summed E-state index contributed by atoms with van der Waals surface area (Å²) in [5.74, 6) is -0.473. The quantitative estimate of drug-likeness (QED) is 0.411. The number of aliphatic hydroxyl groups excluding tert-OH is 1. The summed E-state index contributed by atoms with van der Waals surface area (Å²) >= 11 is 0. The van der Waals surface area contributed by atoms with Crippen LogP contribution in [-0.2, 0) is 0 Å². The van der Waals surface area contributed by atoms with Crippen LogP contribution in [0.5, 0.6) is 0 Å². The molecule has 0 bridgehead atoms. The summed E-state index contributed by atoms with van der Waals surface area (Å²) in [6.07, 6.45) is -1.45. The number of carbonyl (C=O) groups is 1. The number of hydrogen-bond acceptors (Lipinski definition) is 5. The fourth-order valence-electron chi connectivity index (χ4n) is 3.21. The van der Waals surface area contributed by atoms with Crippen LogP contribution in [0.25, 0.3) is 0 Å². The molecule has 0 fully saturated rings. The topological polar surface area (TPSA) is 98.3 Å². The third-order valence-electron chi connectivity index (χ3n) is 4.50. The molecule has 0 saturated heterocycles. The van der Waals surface area contributed by atoms with E-state index in [4.69, 9.17) is 0 Å². The maximum atomic E-state index is 12.8. The van der Waals surface area contributed by atoms with Gasteiger partial charge in [-0.05, 0) is 19.4 Å². The first-order chi connectivity index (χ1) is 12.9. The molecule has 0 unspecified atom stereocenters. The first-order valence-corrected chi connectivity index (χ1v) is 8.44. The number of carbonyl (C=O) groups excluding carboxylic acids is 1. The van der Waals surface area contributed by atoms with Gasteiger partial charge in [-0.25, -0.2) is 0 Å². The highest BCUT2D eigenvalue weighted by atomic mass is 16.6. The molecular formula is C20H19N3O4. The Labute approximate surface area is 156 Å². The molecule has 27 heavy (non-hydrogen) atoms. The molecule has 2 atom stereocenters. The van der Waals surface area contributed by atoms with Gasteiger partial charge in [-0.1, -0.05) is 60.7 Å². The van der Waals surface area contributed by atoms with Crippen LogP contribution in [0.3, 0.4) is 0 Å². The summed E-state index contributed by atoms with van der Waals surface area (Å²) in [7, 11) is 0. The fraction of sp³-hybridized carbons (Fsp3) is 0.200. The van der Waals surface area contributed by atoms with Crippen LogP contribution in [0.4, 0.5) is 5.69 Å². The van der Waals surface area contributed by atoms with E-state index in [2.05, 4.69) is 5.10 Å². The maximum absolute atomic E-state index is 12.8. The van der Waals surface area contributed by atoms with Crippen molar-refractivity contribution < 1.29 is 14.8 Å². The van der Waals surface area contributed by atoms with E-state index in [1.54, 1.807) is 61.5 Å². The molecule has 0 aliphatic rings. The molecule has 3 rings (SSSR count). The van der Waals surface area contributed by atoms with E-state index in [9.17, 15) is 20.0 Å². The highest BCUT2D eigenvalue weighted by Gasteiger charge is 2.34. The van der Waals surface area contributed by atoms with Crippen molar-refractivity contribution in [2.75, 3.05) is 0 Å². The van der Waals surface area contributed by atoms with Gasteiger partial charge in [0.05, 0.1) is 4.92 Å². The Bertz CT molecular complexity index is 968. The van der Waals surface area contributed by atoms with Crippen molar-refractivity contribution in [1.29, 1.82) is 0 Å². The molecule has 0 aliphatic heterocycles. The summed E-state index contributed by atoms with van der Waals surface area (Å²) in [6.45, 7) is 3.10. The zero-order chi connectivity index (χ0) is 19.6. The van der Waals surface area contributed by atoms with Crippen LogP contribution in [0, 0.1) is 24.0 Å². The molecule has 7 heteroatoms. The molecule has 3 aromatic rings.